The molecule has 0 amide bonds. The van der Waals surface area contributed by atoms with E-state index in [1.54, 1.807) is 6.07 Å². The molecular formula is C15H17FN2S2. The van der Waals surface area contributed by atoms with Crippen molar-refractivity contribution in [2.45, 2.75) is 25.1 Å². The van der Waals surface area contributed by atoms with Gasteiger partial charge in [-0.15, -0.1) is 11.3 Å². The average Bonchev–Trinajstić information content (AvgIpc) is 2.85. The number of hydrogen-bond acceptors (Lipinski definition) is 4. The van der Waals surface area contributed by atoms with Gasteiger partial charge in [0.05, 0.1) is 6.04 Å². The molecule has 3 rings (SSSR count). The number of hydrazine groups is 1. The summed E-state index contributed by atoms with van der Waals surface area (Å²) in [6, 6.07) is 7.07. The van der Waals surface area contributed by atoms with E-state index in [1.807, 2.05) is 36.1 Å². The van der Waals surface area contributed by atoms with Gasteiger partial charge < -0.3 is 0 Å². The Labute approximate surface area is 126 Å². The van der Waals surface area contributed by atoms with E-state index in [-0.39, 0.29) is 11.9 Å². The second kappa shape index (κ2) is 5.85. The first-order valence-corrected chi connectivity index (χ1v) is 8.57. The highest BCUT2D eigenvalue weighted by Crippen LogP contribution is 2.37. The van der Waals surface area contributed by atoms with Crippen molar-refractivity contribution in [3.05, 3.63) is 56.5 Å². The van der Waals surface area contributed by atoms with E-state index in [9.17, 15) is 4.39 Å². The van der Waals surface area contributed by atoms with Crippen LogP contribution in [0.1, 0.15) is 32.5 Å². The number of benzene rings is 1. The van der Waals surface area contributed by atoms with E-state index in [4.69, 9.17) is 5.84 Å². The smallest absolute Gasteiger partial charge is 0.123 e. The van der Waals surface area contributed by atoms with Crippen LogP contribution in [0.3, 0.4) is 0 Å². The Kier molecular flexibility index (Phi) is 4.12. The van der Waals surface area contributed by atoms with Gasteiger partial charge >= 0.3 is 0 Å². The minimum atomic E-state index is -0.205. The van der Waals surface area contributed by atoms with Gasteiger partial charge in [-0.25, -0.2) is 9.82 Å². The number of fused-ring (bicyclic) bond motifs is 1. The predicted octanol–water partition coefficient (Wildman–Crippen LogP) is 3.54. The summed E-state index contributed by atoms with van der Waals surface area (Å²) in [5, 5.41) is 0. The summed E-state index contributed by atoms with van der Waals surface area (Å²) in [6.07, 6.45) is 1.14. The zero-order valence-electron chi connectivity index (χ0n) is 11.3. The lowest BCUT2D eigenvalue weighted by Gasteiger charge is -2.17. The van der Waals surface area contributed by atoms with Crippen LogP contribution in [0.5, 0.6) is 0 Å². The molecule has 2 aromatic rings. The molecule has 3 N–H and O–H groups in total. The molecule has 5 heteroatoms. The summed E-state index contributed by atoms with van der Waals surface area (Å²) in [5.41, 5.74) is 6.28. The maximum atomic E-state index is 13.3. The van der Waals surface area contributed by atoms with E-state index >= 15 is 0 Å². The van der Waals surface area contributed by atoms with Crippen LogP contribution in [0.15, 0.2) is 24.3 Å². The summed E-state index contributed by atoms with van der Waals surface area (Å²) >= 11 is 3.80. The molecular weight excluding hydrogens is 291 g/mol. The molecule has 0 fully saturated rings. The lowest BCUT2D eigenvalue weighted by Crippen LogP contribution is -2.28. The summed E-state index contributed by atoms with van der Waals surface area (Å²) in [4.78, 5) is 2.69. The number of nitrogens with two attached hydrogens (primary N) is 1. The molecule has 2 nitrogen and oxygen atoms in total. The second-order valence-corrected chi connectivity index (χ2v) is 7.27. The minimum Gasteiger partial charge on any atom is -0.271 e. The third-order valence-electron chi connectivity index (χ3n) is 3.64. The highest BCUT2D eigenvalue weighted by molar-refractivity contribution is 7.98. The fourth-order valence-corrected chi connectivity index (χ4v) is 5.06. The normalized spacial score (nSPS) is 15.9. The standard InChI is InChI=1S/C15H17FN2S2/c1-9-6-11(16)2-3-12(9)15(18-17)14-7-10-8-19-5-4-13(10)20-14/h2-3,6-7,15,18H,4-5,8,17H2,1H3. The molecule has 0 bridgehead atoms. The maximum absolute atomic E-state index is 13.3. The number of thiophene rings is 1. The lowest BCUT2D eigenvalue weighted by atomic mass is 10.00. The van der Waals surface area contributed by atoms with Crippen molar-refractivity contribution in [2.75, 3.05) is 5.75 Å². The predicted molar refractivity (Wildman–Crippen MR) is 84.5 cm³/mol. The summed E-state index contributed by atoms with van der Waals surface area (Å²) in [7, 11) is 0. The topological polar surface area (TPSA) is 38.0 Å². The Morgan fingerprint density at radius 1 is 1.35 bits per heavy atom. The molecule has 1 atom stereocenters. The third kappa shape index (κ3) is 2.63. The Bertz CT molecular complexity index is 601. The van der Waals surface area contributed by atoms with Crippen molar-refractivity contribution >= 4 is 23.1 Å². The Morgan fingerprint density at radius 3 is 2.90 bits per heavy atom. The fourth-order valence-electron chi connectivity index (χ4n) is 2.60. The van der Waals surface area contributed by atoms with Crippen LogP contribution in [0.25, 0.3) is 0 Å². The van der Waals surface area contributed by atoms with Crippen LogP contribution >= 0.6 is 23.1 Å². The molecule has 0 saturated heterocycles. The van der Waals surface area contributed by atoms with Crippen LogP contribution in [-0.2, 0) is 12.2 Å². The molecule has 0 saturated carbocycles. The largest absolute Gasteiger partial charge is 0.271 e. The average molecular weight is 308 g/mol. The van der Waals surface area contributed by atoms with Crippen molar-refractivity contribution in [1.82, 2.24) is 5.43 Å². The van der Waals surface area contributed by atoms with Gasteiger partial charge in [0.15, 0.2) is 0 Å². The quantitative estimate of drug-likeness (QED) is 0.673. The Morgan fingerprint density at radius 2 is 2.20 bits per heavy atom. The zero-order valence-corrected chi connectivity index (χ0v) is 12.9. The Balaban J connectivity index is 1.98. The highest BCUT2D eigenvalue weighted by Gasteiger charge is 2.21. The number of nitrogens with one attached hydrogen (secondary N) is 1. The molecule has 1 aromatic carbocycles. The van der Waals surface area contributed by atoms with E-state index < -0.39 is 0 Å². The lowest BCUT2D eigenvalue weighted by molar-refractivity contribution is 0.615. The van der Waals surface area contributed by atoms with Crippen LogP contribution in [0.2, 0.25) is 0 Å². The number of thioether (sulfide) groups is 1. The molecule has 2 heterocycles. The van der Waals surface area contributed by atoms with Crippen LogP contribution < -0.4 is 11.3 Å². The molecule has 20 heavy (non-hydrogen) atoms. The van der Waals surface area contributed by atoms with Gasteiger partial charge in [-0.2, -0.15) is 11.8 Å². The Hall–Kier alpha value is -0.880. The molecule has 0 aliphatic carbocycles. The van der Waals surface area contributed by atoms with Crippen LogP contribution in [-0.4, -0.2) is 5.75 Å². The number of rotatable bonds is 3. The molecule has 1 unspecified atom stereocenters. The van der Waals surface area contributed by atoms with Crippen molar-refractivity contribution < 1.29 is 4.39 Å². The fraction of sp³-hybridized carbons (Fsp3) is 0.333. The zero-order chi connectivity index (χ0) is 14.1. The SMILES string of the molecule is Cc1cc(F)ccc1C(NN)c1cc2c(s1)CCSC2. The first-order chi connectivity index (χ1) is 9.69. The first-order valence-electron chi connectivity index (χ1n) is 6.60. The van der Waals surface area contributed by atoms with Crippen LogP contribution in [0.4, 0.5) is 4.39 Å². The number of halogens is 1. The van der Waals surface area contributed by atoms with Crippen molar-refractivity contribution in [3.8, 4) is 0 Å². The molecule has 106 valence electrons. The maximum Gasteiger partial charge on any atom is 0.123 e. The van der Waals surface area contributed by atoms with Gasteiger partial charge in [0, 0.05) is 15.5 Å². The van der Waals surface area contributed by atoms with Crippen molar-refractivity contribution in [1.29, 1.82) is 0 Å². The summed E-state index contributed by atoms with van der Waals surface area (Å²) < 4.78 is 13.3. The van der Waals surface area contributed by atoms with Gasteiger partial charge in [0.2, 0.25) is 0 Å². The monoisotopic (exact) mass is 308 g/mol. The summed E-state index contributed by atoms with van der Waals surface area (Å²) in [5.74, 6) is 7.84. The number of aryl methyl sites for hydroxylation is 2. The highest BCUT2D eigenvalue weighted by atomic mass is 32.2. The molecule has 0 radical (unpaired) electrons. The van der Waals surface area contributed by atoms with Crippen molar-refractivity contribution in [3.63, 3.8) is 0 Å². The molecule has 0 spiro atoms. The third-order valence-corrected chi connectivity index (χ3v) is 5.95. The van der Waals surface area contributed by atoms with E-state index in [0.29, 0.717) is 0 Å². The van der Waals surface area contributed by atoms with E-state index in [2.05, 4.69) is 11.5 Å². The van der Waals surface area contributed by atoms with Crippen LogP contribution in [0, 0.1) is 12.7 Å². The van der Waals surface area contributed by atoms with Crippen molar-refractivity contribution in [2.24, 2.45) is 5.84 Å². The second-order valence-electron chi connectivity index (χ2n) is 5.00. The first kappa shape index (κ1) is 14.1. The van der Waals surface area contributed by atoms with Gasteiger partial charge in [-0.05, 0) is 54.0 Å². The minimum absolute atomic E-state index is 0.0591. The van der Waals surface area contributed by atoms with E-state index in [0.717, 1.165) is 23.3 Å². The van der Waals surface area contributed by atoms with Gasteiger partial charge in [0.25, 0.3) is 0 Å². The molecule has 1 aliphatic heterocycles. The molecule has 1 aliphatic rings. The number of hydrogen-bond donors (Lipinski definition) is 2. The van der Waals surface area contributed by atoms with E-state index in [1.165, 1.54) is 27.1 Å². The summed E-state index contributed by atoms with van der Waals surface area (Å²) in [6.45, 7) is 1.92. The molecule has 1 aromatic heterocycles. The van der Waals surface area contributed by atoms with Gasteiger partial charge in [-0.1, -0.05) is 6.07 Å². The van der Waals surface area contributed by atoms with Gasteiger partial charge in [-0.3, -0.25) is 5.84 Å². The van der Waals surface area contributed by atoms with Gasteiger partial charge in [0.1, 0.15) is 5.82 Å².